The highest BCUT2D eigenvalue weighted by molar-refractivity contribution is 5.71. The number of carbonyl (C=O) groups excluding carboxylic acids is 3. The van der Waals surface area contributed by atoms with Crippen LogP contribution in [-0.4, -0.2) is 44.0 Å². The van der Waals surface area contributed by atoms with Gasteiger partial charge in [0, 0.05) is 6.42 Å². The Morgan fingerprint density at radius 2 is 1.86 bits per heavy atom. The molecule has 2 aliphatic carbocycles. The van der Waals surface area contributed by atoms with Gasteiger partial charge in [-0.1, -0.05) is 38.8 Å². The second kappa shape index (κ2) is 15.8. The average Bonchev–Trinajstić information content (AvgIpc) is 3.52. The summed E-state index contributed by atoms with van der Waals surface area (Å²) in [5.41, 5.74) is 2.20. The lowest BCUT2D eigenvalue weighted by molar-refractivity contribution is -0.149. The number of hydrogen-bond donors (Lipinski definition) is 0. The quantitative estimate of drug-likeness (QED) is 0.135. The van der Waals surface area contributed by atoms with Crippen molar-refractivity contribution in [3.05, 3.63) is 51.5 Å². The molecule has 1 saturated carbocycles. The molecule has 0 N–H and O–H groups in total. The molecule has 242 valence electrons. The molecule has 1 fully saturated rings. The standard InChI is InChI=1S/C33H44O11/c1-5-7-8-11-23(42-30(34)6-2)13-14-24-25-15-21-10-9-12-27(39-19-31(35)38-4)26(21)16-22(25)17-28(24)43-32(36)40-18-29-20(3)41-33(37)44-29/h9-10,12,22-25,28H,5-8,11,13-19H2,1-4H3/t22-,23+,24+,25-,28+/m0/s1. The van der Waals surface area contributed by atoms with Crippen LogP contribution >= 0.6 is 0 Å². The normalized spacial score (nSPS) is 21.1. The third-order valence-corrected chi connectivity index (χ3v) is 8.84. The molecule has 0 amide bonds. The van der Waals surface area contributed by atoms with Crippen LogP contribution in [0.4, 0.5) is 4.79 Å². The Bertz CT molecular complexity index is 1330. The molecule has 4 rings (SSSR count). The summed E-state index contributed by atoms with van der Waals surface area (Å²) in [5, 5.41) is 0. The molecule has 0 saturated heterocycles. The Hall–Kier alpha value is -3.76. The molecule has 0 unspecified atom stereocenters. The van der Waals surface area contributed by atoms with E-state index in [0.717, 1.165) is 49.7 Å². The van der Waals surface area contributed by atoms with Gasteiger partial charge in [0.2, 0.25) is 0 Å². The van der Waals surface area contributed by atoms with Crippen molar-refractivity contribution in [2.75, 3.05) is 13.7 Å². The van der Waals surface area contributed by atoms with Crippen molar-refractivity contribution in [1.29, 1.82) is 0 Å². The lowest BCUT2D eigenvalue weighted by Crippen LogP contribution is -2.30. The summed E-state index contributed by atoms with van der Waals surface area (Å²) in [4.78, 5) is 48.1. The molecular weight excluding hydrogens is 572 g/mol. The number of ether oxygens (including phenoxy) is 5. The van der Waals surface area contributed by atoms with Gasteiger partial charge in [-0.25, -0.2) is 14.4 Å². The van der Waals surface area contributed by atoms with Crippen LogP contribution in [0.5, 0.6) is 5.75 Å². The number of esters is 2. The maximum atomic E-state index is 12.9. The molecule has 0 radical (unpaired) electrons. The van der Waals surface area contributed by atoms with Crippen LogP contribution in [0.1, 0.15) is 87.9 Å². The van der Waals surface area contributed by atoms with Crippen molar-refractivity contribution in [1.82, 2.24) is 0 Å². The number of carbonyl (C=O) groups is 3. The van der Waals surface area contributed by atoms with E-state index in [1.54, 1.807) is 13.8 Å². The van der Waals surface area contributed by atoms with E-state index in [1.807, 2.05) is 12.1 Å². The maximum absolute atomic E-state index is 12.9. The SMILES string of the molecule is CCCCC[C@H](CC[C@@H]1[C@H]2Cc3cccc(OCC(=O)OC)c3C[C@H]2C[C@H]1OC(=O)OCc1oc(=O)oc1C)OC(=O)CC. The third-order valence-electron chi connectivity index (χ3n) is 8.84. The first kappa shape index (κ1) is 33.1. The minimum atomic E-state index is -0.860. The molecule has 11 nitrogen and oxygen atoms in total. The molecular formula is C33H44O11. The lowest BCUT2D eigenvalue weighted by atomic mass is 9.73. The van der Waals surface area contributed by atoms with Crippen LogP contribution in [0.3, 0.4) is 0 Å². The molecule has 0 bridgehead atoms. The third kappa shape index (κ3) is 8.66. The molecule has 11 heteroatoms. The van der Waals surface area contributed by atoms with E-state index in [2.05, 4.69) is 13.0 Å². The van der Waals surface area contributed by atoms with Gasteiger partial charge in [-0.2, -0.15) is 0 Å². The van der Waals surface area contributed by atoms with E-state index in [1.165, 1.54) is 7.11 Å². The van der Waals surface area contributed by atoms with Gasteiger partial charge in [0.25, 0.3) is 0 Å². The van der Waals surface area contributed by atoms with Crippen molar-refractivity contribution in [2.24, 2.45) is 17.8 Å². The van der Waals surface area contributed by atoms with Crippen LogP contribution in [0.25, 0.3) is 0 Å². The summed E-state index contributed by atoms with van der Waals surface area (Å²) in [5.74, 6) is -0.0407. The number of benzene rings is 1. The Morgan fingerprint density at radius 3 is 2.57 bits per heavy atom. The van der Waals surface area contributed by atoms with E-state index < -0.39 is 24.1 Å². The summed E-state index contributed by atoms with van der Waals surface area (Å²) in [6.45, 7) is 5.03. The number of methoxy groups -OCH3 is 1. The molecule has 0 spiro atoms. The Labute approximate surface area is 257 Å². The summed E-state index contributed by atoms with van der Waals surface area (Å²) < 4.78 is 37.4. The van der Waals surface area contributed by atoms with E-state index in [4.69, 9.17) is 32.5 Å². The first-order valence-electron chi connectivity index (χ1n) is 15.6. The van der Waals surface area contributed by atoms with Crippen molar-refractivity contribution in [3.63, 3.8) is 0 Å². The molecule has 44 heavy (non-hydrogen) atoms. The van der Waals surface area contributed by atoms with Crippen molar-refractivity contribution in [2.45, 2.75) is 104 Å². The topological polar surface area (TPSA) is 141 Å². The van der Waals surface area contributed by atoms with Crippen LogP contribution in [-0.2, 0) is 48.0 Å². The van der Waals surface area contributed by atoms with Gasteiger partial charge in [0.1, 0.15) is 18.0 Å². The van der Waals surface area contributed by atoms with Gasteiger partial charge < -0.3 is 32.5 Å². The fraction of sp³-hybridized carbons (Fsp3) is 0.636. The highest BCUT2D eigenvalue weighted by Crippen LogP contribution is 2.49. The second-order valence-corrected chi connectivity index (χ2v) is 11.7. The van der Waals surface area contributed by atoms with Crippen LogP contribution < -0.4 is 10.6 Å². The fourth-order valence-electron chi connectivity index (χ4n) is 6.56. The molecule has 1 heterocycles. The minimum absolute atomic E-state index is 0.0166. The predicted molar refractivity (Wildman–Crippen MR) is 157 cm³/mol. The maximum Gasteiger partial charge on any atom is 0.519 e. The average molecular weight is 617 g/mol. The monoisotopic (exact) mass is 616 g/mol. The number of aryl methyl sites for hydroxylation is 1. The van der Waals surface area contributed by atoms with Crippen molar-refractivity contribution in [3.8, 4) is 5.75 Å². The molecule has 0 aliphatic heterocycles. The lowest BCUT2D eigenvalue weighted by Gasteiger charge is -2.33. The van der Waals surface area contributed by atoms with E-state index >= 15 is 0 Å². The number of hydrogen-bond acceptors (Lipinski definition) is 11. The molecule has 2 aromatic rings. The Kier molecular flexibility index (Phi) is 11.9. The summed E-state index contributed by atoms with van der Waals surface area (Å²) >= 11 is 0. The largest absolute Gasteiger partial charge is 0.519 e. The van der Waals surface area contributed by atoms with Crippen molar-refractivity contribution < 1.29 is 46.9 Å². The summed E-state index contributed by atoms with van der Waals surface area (Å²) in [6, 6.07) is 5.86. The minimum Gasteiger partial charge on any atom is -0.482 e. The van der Waals surface area contributed by atoms with Gasteiger partial charge >= 0.3 is 23.9 Å². The van der Waals surface area contributed by atoms with Crippen molar-refractivity contribution >= 4 is 18.1 Å². The van der Waals surface area contributed by atoms with Gasteiger partial charge in [0.15, 0.2) is 24.7 Å². The second-order valence-electron chi connectivity index (χ2n) is 11.7. The molecule has 1 aromatic heterocycles. The van der Waals surface area contributed by atoms with Gasteiger partial charge in [-0.05, 0) is 86.8 Å². The van der Waals surface area contributed by atoms with Gasteiger partial charge in [-0.3, -0.25) is 4.79 Å². The predicted octanol–water partition coefficient (Wildman–Crippen LogP) is 5.85. The zero-order valence-corrected chi connectivity index (χ0v) is 26.1. The first-order chi connectivity index (χ1) is 21.2. The Balaban J connectivity index is 1.50. The summed E-state index contributed by atoms with van der Waals surface area (Å²) in [6.07, 6.45) is 6.29. The van der Waals surface area contributed by atoms with Crippen LogP contribution in [0.15, 0.2) is 31.8 Å². The van der Waals surface area contributed by atoms with E-state index in [0.29, 0.717) is 31.4 Å². The molecule has 5 atom stereocenters. The van der Waals surface area contributed by atoms with Gasteiger partial charge in [-0.15, -0.1) is 0 Å². The Morgan fingerprint density at radius 1 is 1.05 bits per heavy atom. The first-order valence-corrected chi connectivity index (χ1v) is 15.6. The van der Waals surface area contributed by atoms with Crippen LogP contribution in [0.2, 0.25) is 0 Å². The van der Waals surface area contributed by atoms with E-state index in [9.17, 15) is 19.2 Å². The smallest absolute Gasteiger partial charge is 0.482 e. The molecule has 2 aliphatic rings. The van der Waals surface area contributed by atoms with Gasteiger partial charge in [0.05, 0.1) is 7.11 Å². The number of rotatable bonds is 15. The zero-order chi connectivity index (χ0) is 31.6. The fourth-order valence-corrected chi connectivity index (χ4v) is 6.56. The highest BCUT2D eigenvalue weighted by atomic mass is 16.7. The van der Waals surface area contributed by atoms with Crippen LogP contribution in [0, 0.1) is 24.7 Å². The zero-order valence-electron chi connectivity index (χ0n) is 26.1. The molecule has 1 aromatic carbocycles. The number of unbranched alkanes of at least 4 members (excludes halogenated alkanes) is 2. The highest BCUT2D eigenvalue weighted by Gasteiger charge is 2.47. The summed E-state index contributed by atoms with van der Waals surface area (Å²) in [7, 11) is 1.32. The number of fused-ring (bicyclic) bond motifs is 2. The van der Waals surface area contributed by atoms with E-state index in [-0.39, 0.29) is 54.6 Å².